The number of aromatic carboxylic acids is 1. The first kappa shape index (κ1) is 10.5. The van der Waals surface area contributed by atoms with E-state index < -0.39 is 10.9 Å². The number of pyridine rings is 1. The van der Waals surface area contributed by atoms with Gasteiger partial charge in [0.1, 0.15) is 11.2 Å². The minimum Gasteiger partial charge on any atom is -0.478 e. The molecule has 0 atom stereocenters. The van der Waals surface area contributed by atoms with Crippen LogP contribution in [-0.4, -0.2) is 27.2 Å². The molecule has 0 saturated carbocycles. The number of nitrogens with zero attached hydrogens (tertiary/aromatic N) is 2. The third-order valence-corrected chi connectivity index (χ3v) is 2.18. The summed E-state index contributed by atoms with van der Waals surface area (Å²) < 4.78 is 0. The predicted octanol–water partition coefficient (Wildman–Crippen LogP) is 1.41. The van der Waals surface area contributed by atoms with Gasteiger partial charge in [0.2, 0.25) is 0 Å². The molecule has 1 aromatic rings. The van der Waals surface area contributed by atoms with Crippen molar-refractivity contribution in [1.29, 1.82) is 0 Å². The van der Waals surface area contributed by atoms with E-state index in [-0.39, 0.29) is 16.3 Å². The third kappa shape index (κ3) is 1.99. The zero-order valence-corrected chi connectivity index (χ0v) is 7.95. The fourth-order valence-electron chi connectivity index (χ4n) is 0.857. The summed E-state index contributed by atoms with van der Waals surface area (Å²) in [6.45, 7) is 0. The minimum absolute atomic E-state index is 0.147. The molecule has 74 valence electrons. The molecular weight excluding hydrogens is 208 g/mol. The van der Waals surface area contributed by atoms with Crippen molar-refractivity contribution < 1.29 is 14.8 Å². The van der Waals surface area contributed by atoms with Gasteiger partial charge in [-0.1, -0.05) is 0 Å². The highest BCUT2D eigenvalue weighted by molar-refractivity contribution is 7.98. The number of aromatic nitrogens is 1. The molecule has 0 aromatic carbocycles. The lowest BCUT2D eigenvalue weighted by molar-refractivity contribution is -0.385. The van der Waals surface area contributed by atoms with Crippen LogP contribution in [0.1, 0.15) is 10.4 Å². The molecule has 0 amide bonds. The largest absolute Gasteiger partial charge is 0.478 e. The summed E-state index contributed by atoms with van der Waals surface area (Å²) in [6, 6.07) is 1.00. The van der Waals surface area contributed by atoms with E-state index in [9.17, 15) is 14.9 Å². The molecule has 0 unspecified atom stereocenters. The number of hydrogen-bond donors (Lipinski definition) is 1. The molecule has 7 heteroatoms. The average Bonchev–Trinajstić information content (AvgIpc) is 2.16. The van der Waals surface area contributed by atoms with Gasteiger partial charge >= 0.3 is 5.97 Å². The second-order valence-corrected chi connectivity index (χ2v) is 3.11. The van der Waals surface area contributed by atoms with E-state index in [4.69, 9.17) is 5.11 Å². The molecule has 1 N–H and O–H groups in total. The second-order valence-electron chi connectivity index (χ2n) is 2.31. The van der Waals surface area contributed by atoms with Gasteiger partial charge in [-0.25, -0.2) is 9.78 Å². The number of hydrogen-bond acceptors (Lipinski definition) is 5. The van der Waals surface area contributed by atoms with Gasteiger partial charge in [0, 0.05) is 6.07 Å². The Morgan fingerprint density at radius 2 is 2.36 bits per heavy atom. The van der Waals surface area contributed by atoms with Crippen molar-refractivity contribution in [1.82, 2.24) is 4.98 Å². The second kappa shape index (κ2) is 4.05. The standard InChI is InChI=1S/C7H6N2O4S/c1-14-6-5(7(10)11)2-4(3-8-6)9(12)13/h2-3H,1H3,(H,10,11). The van der Waals surface area contributed by atoms with Gasteiger partial charge < -0.3 is 5.11 Å². The van der Waals surface area contributed by atoms with Gasteiger partial charge in [0.25, 0.3) is 5.69 Å². The third-order valence-electron chi connectivity index (χ3n) is 1.47. The number of thioether (sulfide) groups is 1. The number of rotatable bonds is 3. The van der Waals surface area contributed by atoms with E-state index >= 15 is 0 Å². The van der Waals surface area contributed by atoms with Gasteiger partial charge in [-0.05, 0) is 6.26 Å². The monoisotopic (exact) mass is 214 g/mol. The zero-order chi connectivity index (χ0) is 10.7. The lowest BCUT2D eigenvalue weighted by atomic mass is 10.3. The summed E-state index contributed by atoms with van der Waals surface area (Å²) in [7, 11) is 0. The topological polar surface area (TPSA) is 93.3 Å². The maximum atomic E-state index is 10.7. The Kier molecular flexibility index (Phi) is 3.03. The highest BCUT2D eigenvalue weighted by Crippen LogP contribution is 2.21. The Morgan fingerprint density at radius 1 is 1.71 bits per heavy atom. The van der Waals surface area contributed by atoms with E-state index in [2.05, 4.69) is 4.98 Å². The fourth-order valence-corrected chi connectivity index (χ4v) is 1.38. The molecule has 1 rings (SSSR count). The molecule has 0 radical (unpaired) electrons. The quantitative estimate of drug-likeness (QED) is 0.464. The Labute approximate surface area is 83.1 Å². The summed E-state index contributed by atoms with van der Waals surface area (Å²) in [5, 5.41) is 19.3. The normalized spacial score (nSPS) is 9.79. The van der Waals surface area contributed by atoms with Crippen LogP contribution in [0.25, 0.3) is 0 Å². The predicted molar refractivity (Wildman–Crippen MR) is 49.6 cm³/mol. The molecular formula is C7H6N2O4S. The van der Waals surface area contributed by atoms with Crippen molar-refractivity contribution in [2.24, 2.45) is 0 Å². The molecule has 1 aromatic heterocycles. The Morgan fingerprint density at radius 3 is 2.79 bits per heavy atom. The summed E-state index contributed by atoms with van der Waals surface area (Å²) in [5.41, 5.74) is -0.466. The van der Waals surface area contributed by atoms with E-state index in [0.29, 0.717) is 0 Å². The Hall–Kier alpha value is -1.63. The maximum Gasteiger partial charge on any atom is 0.338 e. The zero-order valence-electron chi connectivity index (χ0n) is 7.13. The van der Waals surface area contributed by atoms with Crippen LogP contribution >= 0.6 is 11.8 Å². The van der Waals surface area contributed by atoms with Crippen molar-refractivity contribution in [3.63, 3.8) is 0 Å². The Bertz CT molecular complexity index is 393. The molecule has 0 bridgehead atoms. The maximum absolute atomic E-state index is 10.7. The number of carboxylic acids is 1. The molecule has 0 saturated heterocycles. The number of carboxylic acid groups (broad SMARTS) is 1. The van der Waals surface area contributed by atoms with Crippen molar-refractivity contribution >= 4 is 23.4 Å². The first-order valence-electron chi connectivity index (χ1n) is 3.48. The molecule has 6 nitrogen and oxygen atoms in total. The summed E-state index contributed by atoms with van der Waals surface area (Å²) >= 11 is 1.13. The van der Waals surface area contributed by atoms with Crippen molar-refractivity contribution in [3.05, 3.63) is 27.9 Å². The summed E-state index contributed by atoms with van der Waals surface area (Å²) in [4.78, 5) is 24.0. The van der Waals surface area contributed by atoms with Gasteiger partial charge in [-0.2, -0.15) is 0 Å². The van der Waals surface area contributed by atoms with Crippen LogP contribution in [-0.2, 0) is 0 Å². The molecule has 1 heterocycles. The average molecular weight is 214 g/mol. The smallest absolute Gasteiger partial charge is 0.338 e. The van der Waals surface area contributed by atoms with Crippen molar-refractivity contribution in [2.45, 2.75) is 5.03 Å². The molecule has 0 fully saturated rings. The minimum atomic E-state index is -1.22. The summed E-state index contributed by atoms with van der Waals surface area (Å²) in [6.07, 6.45) is 2.69. The summed E-state index contributed by atoms with van der Waals surface area (Å²) in [5.74, 6) is -1.22. The molecule has 0 aliphatic carbocycles. The van der Waals surface area contributed by atoms with Crippen LogP contribution in [0.2, 0.25) is 0 Å². The van der Waals surface area contributed by atoms with Crippen LogP contribution in [0.4, 0.5) is 5.69 Å². The van der Waals surface area contributed by atoms with E-state index in [1.54, 1.807) is 6.26 Å². The van der Waals surface area contributed by atoms with Crippen LogP contribution in [0, 0.1) is 10.1 Å². The lowest BCUT2D eigenvalue weighted by Crippen LogP contribution is -2.02. The fraction of sp³-hybridized carbons (Fsp3) is 0.143. The molecule has 0 spiro atoms. The van der Waals surface area contributed by atoms with Crippen molar-refractivity contribution in [2.75, 3.05) is 6.26 Å². The van der Waals surface area contributed by atoms with Gasteiger partial charge in [0.15, 0.2) is 0 Å². The number of carbonyl (C=O) groups is 1. The molecule has 14 heavy (non-hydrogen) atoms. The van der Waals surface area contributed by atoms with Gasteiger partial charge in [-0.3, -0.25) is 10.1 Å². The lowest BCUT2D eigenvalue weighted by Gasteiger charge is -2.00. The highest BCUT2D eigenvalue weighted by Gasteiger charge is 2.16. The van der Waals surface area contributed by atoms with E-state index in [1.165, 1.54) is 0 Å². The van der Waals surface area contributed by atoms with E-state index in [0.717, 1.165) is 24.0 Å². The number of nitro groups is 1. The first-order chi connectivity index (χ1) is 6.56. The van der Waals surface area contributed by atoms with Gasteiger partial charge in [-0.15, -0.1) is 11.8 Å². The van der Waals surface area contributed by atoms with Crippen molar-refractivity contribution in [3.8, 4) is 0 Å². The van der Waals surface area contributed by atoms with E-state index in [1.807, 2.05) is 0 Å². The van der Waals surface area contributed by atoms with Crippen LogP contribution in [0.15, 0.2) is 17.3 Å². The molecule has 0 aliphatic heterocycles. The van der Waals surface area contributed by atoms with Crippen LogP contribution in [0.3, 0.4) is 0 Å². The Balaban J connectivity index is 3.27. The van der Waals surface area contributed by atoms with Crippen LogP contribution < -0.4 is 0 Å². The SMILES string of the molecule is CSc1ncc([N+](=O)[O-])cc1C(=O)O. The highest BCUT2D eigenvalue weighted by atomic mass is 32.2. The van der Waals surface area contributed by atoms with Crippen LogP contribution in [0.5, 0.6) is 0 Å². The first-order valence-corrected chi connectivity index (χ1v) is 4.70. The molecule has 0 aliphatic rings. The van der Waals surface area contributed by atoms with Gasteiger partial charge in [0.05, 0.1) is 10.5 Å².